The quantitative estimate of drug-likeness (QED) is 0.615. The van der Waals surface area contributed by atoms with Gasteiger partial charge in [-0.15, -0.1) is 5.10 Å². The standard InChI is InChI=1S/C21H24N6OS/c1-17-7-9-19(10-8-17)27-21(22-23-24-27)29-16-20(28)26-13-11-25(12-14-26)15-18-5-3-2-4-6-18/h2-10H,11-16H2,1H3/p+1. The van der Waals surface area contributed by atoms with E-state index in [9.17, 15) is 4.79 Å². The van der Waals surface area contributed by atoms with Gasteiger partial charge in [0.05, 0.1) is 37.6 Å². The van der Waals surface area contributed by atoms with Crippen LogP contribution in [0.5, 0.6) is 0 Å². The van der Waals surface area contributed by atoms with Crippen molar-refractivity contribution in [2.45, 2.75) is 18.6 Å². The number of aryl methyl sites for hydroxylation is 1. The first kappa shape index (κ1) is 19.6. The van der Waals surface area contributed by atoms with Gasteiger partial charge in [-0.25, -0.2) is 0 Å². The minimum atomic E-state index is 0.146. The van der Waals surface area contributed by atoms with E-state index in [0.29, 0.717) is 10.9 Å². The molecule has 2 aromatic carbocycles. The average molecular weight is 410 g/mol. The van der Waals surface area contributed by atoms with Crippen molar-refractivity contribution in [3.63, 3.8) is 0 Å². The lowest BCUT2D eigenvalue weighted by Crippen LogP contribution is -3.13. The Bertz CT molecular complexity index is 935. The van der Waals surface area contributed by atoms with Crippen molar-refractivity contribution in [3.8, 4) is 5.69 Å². The molecule has 0 bridgehead atoms. The van der Waals surface area contributed by atoms with Crippen LogP contribution >= 0.6 is 11.8 Å². The van der Waals surface area contributed by atoms with E-state index in [0.717, 1.165) is 38.4 Å². The summed E-state index contributed by atoms with van der Waals surface area (Å²) in [7, 11) is 0. The molecule has 0 radical (unpaired) electrons. The SMILES string of the molecule is Cc1ccc(-n2nnnc2SCC(=O)N2CC[NH+](Cc3ccccc3)CC2)cc1. The first-order valence-corrected chi connectivity index (χ1v) is 10.8. The van der Waals surface area contributed by atoms with E-state index >= 15 is 0 Å². The van der Waals surface area contributed by atoms with Gasteiger partial charge in [-0.3, -0.25) is 4.79 Å². The second kappa shape index (κ2) is 9.19. The van der Waals surface area contributed by atoms with Crippen molar-refractivity contribution in [1.82, 2.24) is 25.1 Å². The Labute approximate surface area is 174 Å². The van der Waals surface area contributed by atoms with Crippen LogP contribution in [0.3, 0.4) is 0 Å². The molecule has 3 aromatic rings. The number of rotatable bonds is 6. The number of benzene rings is 2. The number of aromatic nitrogens is 4. The van der Waals surface area contributed by atoms with Crippen LogP contribution in [-0.2, 0) is 11.3 Å². The van der Waals surface area contributed by atoms with Crippen LogP contribution in [0.15, 0.2) is 59.8 Å². The molecule has 7 nitrogen and oxygen atoms in total. The van der Waals surface area contributed by atoms with E-state index in [1.807, 2.05) is 42.2 Å². The number of hydrogen-bond acceptors (Lipinski definition) is 5. The molecule has 8 heteroatoms. The molecule has 2 heterocycles. The van der Waals surface area contributed by atoms with E-state index in [4.69, 9.17) is 0 Å². The van der Waals surface area contributed by atoms with Crippen LogP contribution in [0.2, 0.25) is 0 Å². The third-order valence-electron chi connectivity index (χ3n) is 5.16. The Morgan fingerprint density at radius 1 is 1.07 bits per heavy atom. The molecule has 29 heavy (non-hydrogen) atoms. The fraction of sp³-hybridized carbons (Fsp3) is 0.333. The number of amides is 1. The van der Waals surface area contributed by atoms with Gasteiger partial charge in [-0.1, -0.05) is 59.8 Å². The van der Waals surface area contributed by atoms with E-state index < -0.39 is 0 Å². The third kappa shape index (κ3) is 5.02. The summed E-state index contributed by atoms with van der Waals surface area (Å²) in [4.78, 5) is 16.2. The number of thioether (sulfide) groups is 1. The van der Waals surface area contributed by atoms with Crippen LogP contribution in [0.4, 0.5) is 0 Å². The fourth-order valence-electron chi connectivity index (χ4n) is 3.47. The van der Waals surface area contributed by atoms with Crippen molar-refractivity contribution in [1.29, 1.82) is 0 Å². The van der Waals surface area contributed by atoms with Crippen molar-refractivity contribution >= 4 is 17.7 Å². The Hall–Kier alpha value is -2.71. The van der Waals surface area contributed by atoms with Crippen molar-refractivity contribution in [2.24, 2.45) is 0 Å². The second-order valence-corrected chi connectivity index (χ2v) is 8.23. The summed E-state index contributed by atoms with van der Waals surface area (Å²) in [6, 6.07) is 18.5. The normalized spacial score (nSPS) is 14.9. The summed E-state index contributed by atoms with van der Waals surface area (Å²) in [6.45, 7) is 6.61. The molecule has 0 saturated carbocycles. The smallest absolute Gasteiger partial charge is 0.233 e. The van der Waals surface area contributed by atoms with Crippen molar-refractivity contribution in [3.05, 3.63) is 65.7 Å². The molecule has 150 valence electrons. The number of nitrogens with one attached hydrogen (secondary N) is 1. The molecular weight excluding hydrogens is 384 g/mol. The Morgan fingerprint density at radius 3 is 2.52 bits per heavy atom. The molecular formula is C21H25N6OS+. The minimum Gasteiger partial charge on any atom is -0.331 e. The zero-order valence-electron chi connectivity index (χ0n) is 16.5. The summed E-state index contributed by atoms with van der Waals surface area (Å²) < 4.78 is 1.68. The molecule has 0 atom stereocenters. The molecule has 1 fully saturated rings. The van der Waals surface area contributed by atoms with Gasteiger partial charge in [0.1, 0.15) is 6.54 Å². The highest BCUT2D eigenvalue weighted by atomic mass is 32.2. The first-order chi connectivity index (χ1) is 14.2. The summed E-state index contributed by atoms with van der Waals surface area (Å²) in [5.74, 6) is 0.493. The molecule has 1 amide bonds. The zero-order chi connectivity index (χ0) is 20.1. The predicted molar refractivity (Wildman–Crippen MR) is 112 cm³/mol. The van der Waals surface area contributed by atoms with Gasteiger partial charge in [-0.2, -0.15) is 4.68 Å². The molecule has 1 saturated heterocycles. The maximum Gasteiger partial charge on any atom is 0.233 e. The van der Waals surface area contributed by atoms with Gasteiger partial charge >= 0.3 is 0 Å². The summed E-state index contributed by atoms with van der Waals surface area (Å²) in [5, 5.41) is 12.6. The van der Waals surface area contributed by atoms with Gasteiger partial charge < -0.3 is 9.80 Å². The van der Waals surface area contributed by atoms with E-state index in [1.165, 1.54) is 27.8 Å². The van der Waals surface area contributed by atoms with Gasteiger partial charge in [0, 0.05) is 5.56 Å². The molecule has 0 unspecified atom stereocenters. The monoisotopic (exact) mass is 409 g/mol. The van der Waals surface area contributed by atoms with Crippen LogP contribution < -0.4 is 4.90 Å². The molecule has 0 aliphatic carbocycles. The number of carbonyl (C=O) groups excluding carboxylic acids is 1. The summed E-state index contributed by atoms with van der Waals surface area (Å²) in [5.41, 5.74) is 3.43. The van der Waals surface area contributed by atoms with Gasteiger partial charge in [-0.05, 0) is 29.5 Å². The molecule has 1 aromatic heterocycles. The van der Waals surface area contributed by atoms with E-state index in [2.05, 4.69) is 39.8 Å². The highest BCUT2D eigenvalue weighted by Gasteiger charge is 2.24. The number of hydrogen-bond donors (Lipinski definition) is 1. The van der Waals surface area contributed by atoms with E-state index in [-0.39, 0.29) is 5.91 Å². The van der Waals surface area contributed by atoms with Crippen molar-refractivity contribution in [2.75, 3.05) is 31.9 Å². The summed E-state index contributed by atoms with van der Waals surface area (Å²) >= 11 is 1.39. The Balaban J connectivity index is 1.28. The largest absolute Gasteiger partial charge is 0.331 e. The number of quaternary nitrogens is 1. The maximum atomic E-state index is 12.7. The number of tetrazole rings is 1. The lowest BCUT2D eigenvalue weighted by Gasteiger charge is -2.32. The Morgan fingerprint density at radius 2 is 1.79 bits per heavy atom. The lowest BCUT2D eigenvalue weighted by atomic mass is 10.2. The second-order valence-electron chi connectivity index (χ2n) is 7.29. The highest BCUT2D eigenvalue weighted by Crippen LogP contribution is 2.19. The summed E-state index contributed by atoms with van der Waals surface area (Å²) in [6.07, 6.45) is 0. The molecule has 1 N–H and O–H groups in total. The highest BCUT2D eigenvalue weighted by molar-refractivity contribution is 7.99. The van der Waals surface area contributed by atoms with Gasteiger partial charge in [0.2, 0.25) is 11.1 Å². The van der Waals surface area contributed by atoms with Crippen LogP contribution in [0.1, 0.15) is 11.1 Å². The minimum absolute atomic E-state index is 0.146. The molecule has 4 rings (SSSR count). The van der Waals surface area contributed by atoms with Gasteiger partial charge in [0.25, 0.3) is 0 Å². The molecule has 0 spiro atoms. The predicted octanol–water partition coefficient (Wildman–Crippen LogP) is 0.990. The Kier molecular flexibility index (Phi) is 6.21. The number of carbonyl (C=O) groups is 1. The van der Waals surface area contributed by atoms with Crippen LogP contribution in [0, 0.1) is 6.92 Å². The van der Waals surface area contributed by atoms with Crippen LogP contribution in [-0.4, -0.2) is 62.9 Å². The van der Waals surface area contributed by atoms with Crippen molar-refractivity contribution < 1.29 is 9.69 Å². The van der Waals surface area contributed by atoms with Gasteiger partial charge in [0.15, 0.2) is 0 Å². The molecule has 1 aliphatic rings. The first-order valence-electron chi connectivity index (χ1n) is 9.82. The maximum absolute atomic E-state index is 12.7. The lowest BCUT2D eigenvalue weighted by molar-refractivity contribution is -0.917. The average Bonchev–Trinajstić information content (AvgIpc) is 3.22. The number of piperazine rings is 1. The van der Waals surface area contributed by atoms with E-state index in [1.54, 1.807) is 4.68 Å². The number of nitrogens with zero attached hydrogens (tertiary/aromatic N) is 5. The topological polar surface area (TPSA) is 68.4 Å². The third-order valence-corrected chi connectivity index (χ3v) is 6.07. The fourth-order valence-corrected chi connectivity index (χ4v) is 4.26. The van der Waals surface area contributed by atoms with Crippen LogP contribution in [0.25, 0.3) is 5.69 Å². The zero-order valence-corrected chi connectivity index (χ0v) is 17.3. The molecule has 1 aliphatic heterocycles.